The number of benzene rings is 2. The highest BCUT2D eigenvalue weighted by molar-refractivity contribution is 7.99. The molecule has 2 aromatic heterocycles. The van der Waals surface area contributed by atoms with E-state index >= 15 is 0 Å². The lowest BCUT2D eigenvalue weighted by atomic mass is 10.1. The molecule has 4 aromatic rings. The van der Waals surface area contributed by atoms with Crippen LogP contribution in [0.1, 0.15) is 0 Å². The molecular weight excluding hydrogens is 332 g/mol. The molecule has 0 radical (unpaired) electrons. The summed E-state index contributed by atoms with van der Waals surface area (Å²) in [4.78, 5) is 8.68. The van der Waals surface area contributed by atoms with E-state index in [1.807, 2.05) is 60.7 Å². The van der Waals surface area contributed by atoms with Crippen LogP contribution in [0.3, 0.4) is 0 Å². The first-order chi connectivity index (χ1) is 12.4. The van der Waals surface area contributed by atoms with Crippen LogP contribution in [0.2, 0.25) is 0 Å². The quantitative estimate of drug-likeness (QED) is 0.484. The minimum absolute atomic E-state index is 0.665. The molecule has 0 aliphatic carbocycles. The third-order valence-electron chi connectivity index (χ3n) is 3.70. The lowest BCUT2D eigenvalue weighted by molar-refractivity contribution is 0.465. The van der Waals surface area contributed by atoms with Crippen molar-refractivity contribution in [2.75, 3.05) is 5.75 Å². The van der Waals surface area contributed by atoms with Gasteiger partial charge in [-0.1, -0.05) is 72.4 Å². The van der Waals surface area contributed by atoms with E-state index in [2.05, 4.69) is 10.1 Å². The first kappa shape index (κ1) is 15.7. The average molecular weight is 348 g/mol. The third kappa shape index (κ3) is 3.64. The van der Waals surface area contributed by atoms with Crippen LogP contribution < -0.4 is 0 Å². The fourth-order valence-corrected chi connectivity index (χ4v) is 3.26. The summed E-state index contributed by atoms with van der Waals surface area (Å²) in [6, 6.07) is 20.2. The van der Waals surface area contributed by atoms with Crippen LogP contribution in [0.15, 0.2) is 83.0 Å². The number of nitrogens with zero attached hydrogens (tertiary/aromatic N) is 4. The summed E-state index contributed by atoms with van der Waals surface area (Å²) >= 11 is 1.58. The Hall–Kier alpha value is -2.86. The Labute approximate surface area is 149 Å². The van der Waals surface area contributed by atoms with Gasteiger partial charge in [0.25, 0.3) is 5.22 Å². The van der Waals surface area contributed by atoms with E-state index in [0.29, 0.717) is 5.22 Å². The first-order valence-electron chi connectivity index (χ1n) is 7.97. The van der Waals surface area contributed by atoms with Crippen LogP contribution >= 0.6 is 11.8 Å². The normalized spacial score (nSPS) is 10.9. The van der Waals surface area contributed by atoms with E-state index in [1.165, 1.54) is 6.33 Å². The predicted octanol–water partition coefficient (Wildman–Crippen LogP) is 4.39. The molecule has 4 rings (SSSR count). The van der Waals surface area contributed by atoms with E-state index in [-0.39, 0.29) is 0 Å². The standard InChI is InChI=1S/C19H16N4OS/c1-3-7-15(8-4-1)17-18(16-9-5-2-6-10-16)24-19(22-17)25-12-11-23-14-20-13-21-23/h1-10,13-14H,11-12H2. The van der Waals surface area contributed by atoms with Gasteiger partial charge in [0.15, 0.2) is 5.76 Å². The van der Waals surface area contributed by atoms with E-state index in [4.69, 9.17) is 9.40 Å². The molecule has 0 spiro atoms. The number of rotatable bonds is 6. The molecule has 6 heteroatoms. The molecule has 0 aliphatic heterocycles. The molecule has 2 aromatic carbocycles. The molecule has 2 heterocycles. The summed E-state index contributed by atoms with van der Waals surface area (Å²) in [7, 11) is 0. The minimum atomic E-state index is 0.665. The summed E-state index contributed by atoms with van der Waals surface area (Å²) in [5, 5.41) is 4.77. The van der Waals surface area contributed by atoms with Crippen LogP contribution in [0.4, 0.5) is 0 Å². The van der Waals surface area contributed by atoms with Crippen molar-refractivity contribution >= 4 is 11.8 Å². The number of aromatic nitrogens is 4. The highest BCUT2D eigenvalue weighted by Crippen LogP contribution is 2.35. The fourth-order valence-electron chi connectivity index (χ4n) is 2.51. The Morgan fingerprint density at radius 1 is 0.920 bits per heavy atom. The van der Waals surface area contributed by atoms with Gasteiger partial charge in [-0.15, -0.1) is 0 Å². The van der Waals surface area contributed by atoms with Gasteiger partial charge in [-0.3, -0.25) is 4.68 Å². The maximum absolute atomic E-state index is 6.08. The molecule has 0 atom stereocenters. The number of oxazole rings is 1. The maximum Gasteiger partial charge on any atom is 0.256 e. The highest BCUT2D eigenvalue weighted by Gasteiger charge is 2.16. The molecule has 0 unspecified atom stereocenters. The second-order valence-corrected chi connectivity index (χ2v) is 6.44. The van der Waals surface area contributed by atoms with Gasteiger partial charge < -0.3 is 4.42 Å². The second kappa shape index (κ2) is 7.36. The lowest BCUT2D eigenvalue weighted by Gasteiger charge is -2.00. The van der Waals surface area contributed by atoms with Crippen molar-refractivity contribution in [2.24, 2.45) is 0 Å². The van der Waals surface area contributed by atoms with Crippen LogP contribution in [0.25, 0.3) is 22.6 Å². The number of thioether (sulfide) groups is 1. The van der Waals surface area contributed by atoms with E-state index < -0.39 is 0 Å². The summed E-state index contributed by atoms with van der Waals surface area (Å²) in [5.74, 6) is 1.61. The van der Waals surface area contributed by atoms with Crippen LogP contribution in [0, 0.1) is 0 Å². The molecule has 0 fully saturated rings. The molecule has 0 aliphatic rings. The summed E-state index contributed by atoms with van der Waals surface area (Å²) in [6.07, 6.45) is 3.25. The van der Waals surface area contributed by atoms with Gasteiger partial charge in [0.2, 0.25) is 0 Å². The van der Waals surface area contributed by atoms with Gasteiger partial charge in [-0.2, -0.15) is 5.10 Å². The SMILES string of the molecule is c1ccc(-c2nc(SCCn3cncn3)oc2-c2ccccc2)cc1. The van der Waals surface area contributed by atoms with E-state index in [0.717, 1.165) is 34.9 Å². The van der Waals surface area contributed by atoms with Gasteiger partial charge in [0, 0.05) is 16.9 Å². The Morgan fingerprint density at radius 2 is 1.64 bits per heavy atom. The highest BCUT2D eigenvalue weighted by atomic mass is 32.2. The average Bonchev–Trinajstić information content (AvgIpc) is 3.33. The minimum Gasteiger partial charge on any atom is -0.431 e. The Kier molecular flexibility index (Phi) is 4.61. The Balaban J connectivity index is 1.61. The van der Waals surface area contributed by atoms with Crippen molar-refractivity contribution in [3.63, 3.8) is 0 Å². The molecule has 25 heavy (non-hydrogen) atoms. The number of hydrogen-bond donors (Lipinski definition) is 0. The molecule has 0 bridgehead atoms. The van der Waals surface area contributed by atoms with Gasteiger partial charge in [-0.25, -0.2) is 9.97 Å². The zero-order chi connectivity index (χ0) is 16.9. The molecule has 5 nitrogen and oxygen atoms in total. The van der Waals surface area contributed by atoms with Gasteiger partial charge in [0.1, 0.15) is 18.3 Å². The van der Waals surface area contributed by atoms with Crippen LogP contribution in [-0.2, 0) is 6.54 Å². The van der Waals surface area contributed by atoms with Crippen molar-refractivity contribution in [3.8, 4) is 22.6 Å². The zero-order valence-corrected chi connectivity index (χ0v) is 14.3. The summed E-state index contributed by atoms with van der Waals surface area (Å²) in [6.45, 7) is 0.758. The van der Waals surface area contributed by atoms with Crippen molar-refractivity contribution in [1.29, 1.82) is 0 Å². The maximum atomic E-state index is 6.08. The second-order valence-electron chi connectivity index (χ2n) is 5.40. The molecular formula is C19H16N4OS. The molecule has 0 saturated heterocycles. The third-order valence-corrected chi connectivity index (χ3v) is 4.51. The monoisotopic (exact) mass is 348 g/mol. The molecule has 124 valence electrons. The van der Waals surface area contributed by atoms with Gasteiger partial charge in [0.05, 0.1) is 6.54 Å². The van der Waals surface area contributed by atoms with Crippen molar-refractivity contribution in [3.05, 3.63) is 73.3 Å². The van der Waals surface area contributed by atoms with E-state index in [1.54, 1.807) is 22.8 Å². The van der Waals surface area contributed by atoms with Gasteiger partial charge >= 0.3 is 0 Å². The first-order valence-corrected chi connectivity index (χ1v) is 8.95. The van der Waals surface area contributed by atoms with Crippen molar-refractivity contribution in [1.82, 2.24) is 19.7 Å². The topological polar surface area (TPSA) is 56.7 Å². The largest absolute Gasteiger partial charge is 0.431 e. The van der Waals surface area contributed by atoms with Gasteiger partial charge in [-0.05, 0) is 0 Å². The van der Waals surface area contributed by atoms with E-state index in [9.17, 15) is 0 Å². The smallest absolute Gasteiger partial charge is 0.256 e. The molecule has 0 saturated carbocycles. The summed E-state index contributed by atoms with van der Waals surface area (Å²) in [5.41, 5.74) is 2.94. The number of aryl methyl sites for hydroxylation is 1. The molecule has 0 N–H and O–H groups in total. The fraction of sp³-hybridized carbons (Fsp3) is 0.105. The van der Waals surface area contributed by atoms with Crippen molar-refractivity contribution < 1.29 is 4.42 Å². The summed E-state index contributed by atoms with van der Waals surface area (Å²) < 4.78 is 7.88. The predicted molar refractivity (Wildman–Crippen MR) is 98.1 cm³/mol. The van der Waals surface area contributed by atoms with Crippen LogP contribution in [0.5, 0.6) is 0 Å². The Morgan fingerprint density at radius 3 is 2.32 bits per heavy atom. The molecule has 0 amide bonds. The van der Waals surface area contributed by atoms with Crippen LogP contribution in [-0.4, -0.2) is 25.5 Å². The zero-order valence-electron chi connectivity index (χ0n) is 13.4. The lowest BCUT2D eigenvalue weighted by Crippen LogP contribution is -2.00. The van der Waals surface area contributed by atoms with Crippen molar-refractivity contribution in [2.45, 2.75) is 11.8 Å². The number of hydrogen-bond acceptors (Lipinski definition) is 5. The Bertz CT molecular complexity index is 864.